The van der Waals surface area contributed by atoms with Crippen molar-refractivity contribution in [3.63, 3.8) is 0 Å². The van der Waals surface area contributed by atoms with Gasteiger partial charge in [0, 0.05) is 17.4 Å². The van der Waals surface area contributed by atoms with Gasteiger partial charge in [-0.1, -0.05) is 85.4 Å². The molecule has 0 bridgehead atoms. The number of carbonyl (C=O) groups is 1. The summed E-state index contributed by atoms with van der Waals surface area (Å²) in [6.45, 7) is 6.58. The van der Waals surface area contributed by atoms with Gasteiger partial charge in [-0.05, 0) is 28.8 Å². The highest BCUT2D eigenvalue weighted by atomic mass is 16.5. The van der Waals surface area contributed by atoms with Crippen LogP contribution in [0.4, 0.5) is 5.82 Å². The van der Waals surface area contributed by atoms with Crippen LogP contribution in [0.5, 0.6) is 0 Å². The van der Waals surface area contributed by atoms with Crippen LogP contribution >= 0.6 is 0 Å². The summed E-state index contributed by atoms with van der Waals surface area (Å²) in [6.07, 6.45) is 3.20. The number of ether oxygens (including phenoxy) is 2. The molecule has 0 spiro atoms. The Bertz CT molecular complexity index is 1620. The summed E-state index contributed by atoms with van der Waals surface area (Å²) in [5, 5.41) is 2.88. The predicted octanol–water partition coefficient (Wildman–Crippen LogP) is 5.86. The number of nitrogens with one attached hydrogen (secondary N) is 1. The number of nitrogens with zero attached hydrogens (tertiary/aromatic N) is 4. The quantitative estimate of drug-likeness (QED) is 0.209. The number of amides is 1. The van der Waals surface area contributed by atoms with E-state index in [1.165, 1.54) is 6.33 Å². The first-order chi connectivity index (χ1) is 20.2. The normalized spacial score (nSPS) is 18.2. The maximum atomic E-state index is 12.8. The number of benzene rings is 3. The molecular formula is C33H31N5O3. The van der Waals surface area contributed by atoms with Crippen molar-refractivity contribution in [2.45, 2.75) is 19.3 Å². The van der Waals surface area contributed by atoms with E-state index in [4.69, 9.17) is 9.47 Å². The van der Waals surface area contributed by atoms with Gasteiger partial charge >= 0.3 is 0 Å². The molecule has 5 aromatic rings. The van der Waals surface area contributed by atoms with Crippen LogP contribution in [0, 0.1) is 11.8 Å². The molecule has 1 aliphatic carbocycles. The van der Waals surface area contributed by atoms with E-state index in [1.54, 1.807) is 18.5 Å². The third-order valence-electron chi connectivity index (χ3n) is 7.54. The second-order valence-corrected chi connectivity index (χ2v) is 10.2. The molecule has 6 rings (SSSR count). The summed E-state index contributed by atoms with van der Waals surface area (Å²) in [6, 6.07) is 29.2. The van der Waals surface area contributed by atoms with Crippen LogP contribution in [0.25, 0.3) is 11.2 Å². The van der Waals surface area contributed by atoms with Crippen molar-refractivity contribution in [1.29, 1.82) is 0 Å². The first-order valence-corrected chi connectivity index (χ1v) is 13.6. The molecule has 2 heterocycles. The zero-order chi connectivity index (χ0) is 28.0. The fraction of sp³-hybridized carbons (Fsp3) is 0.212. The molecule has 2 aromatic heterocycles. The first kappa shape index (κ1) is 26.6. The lowest BCUT2D eigenvalue weighted by atomic mass is 9.66. The molecule has 0 unspecified atom stereocenters. The fourth-order valence-corrected chi connectivity index (χ4v) is 5.37. The topological polar surface area (TPSA) is 91.2 Å². The van der Waals surface area contributed by atoms with Crippen LogP contribution in [0.15, 0.2) is 116 Å². The van der Waals surface area contributed by atoms with Crippen LogP contribution in [0.3, 0.4) is 0 Å². The average Bonchev–Trinajstić information content (AvgIpc) is 3.44. The Morgan fingerprint density at radius 1 is 0.805 bits per heavy atom. The molecular weight excluding hydrogens is 514 g/mol. The van der Waals surface area contributed by atoms with Gasteiger partial charge in [0.1, 0.15) is 6.33 Å². The number of hydrogen-bond donors (Lipinski definition) is 1. The molecule has 41 heavy (non-hydrogen) atoms. The smallest absolute Gasteiger partial charge is 0.256 e. The number of carbonyl (C=O) groups excluding carboxylic acids is 1. The van der Waals surface area contributed by atoms with Crippen LogP contribution in [0.2, 0.25) is 0 Å². The largest absolute Gasteiger partial charge is 0.376 e. The molecule has 1 N–H and O–H groups in total. The van der Waals surface area contributed by atoms with Gasteiger partial charge in [0.2, 0.25) is 0 Å². The molecule has 1 aliphatic rings. The highest BCUT2D eigenvalue weighted by Crippen LogP contribution is 2.49. The zero-order valence-corrected chi connectivity index (χ0v) is 22.6. The minimum Gasteiger partial charge on any atom is -0.376 e. The molecule has 206 valence electrons. The third-order valence-corrected chi connectivity index (χ3v) is 7.54. The maximum Gasteiger partial charge on any atom is 0.256 e. The van der Waals surface area contributed by atoms with Gasteiger partial charge in [-0.3, -0.25) is 4.79 Å². The van der Waals surface area contributed by atoms with Gasteiger partial charge < -0.3 is 19.4 Å². The Labute approximate surface area is 238 Å². The van der Waals surface area contributed by atoms with E-state index in [0.29, 0.717) is 49.0 Å². The predicted molar refractivity (Wildman–Crippen MR) is 157 cm³/mol. The van der Waals surface area contributed by atoms with Crippen LogP contribution < -0.4 is 5.32 Å². The van der Waals surface area contributed by atoms with E-state index in [9.17, 15) is 4.79 Å². The molecule has 3 aromatic carbocycles. The van der Waals surface area contributed by atoms with Crippen LogP contribution in [-0.4, -0.2) is 38.6 Å². The van der Waals surface area contributed by atoms with E-state index >= 15 is 0 Å². The van der Waals surface area contributed by atoms with Gasteiger partial charge in [0.25, 0.3) is 5.91 Å². The number of rotatable bonds is 11. The van der Waals surface area contributed by atoms with Gasteiger partial charge in [0.15, 0.2) is 17.0 Å². The standard InChI is InChI=1S/C33H31N5O3/c1-23-27(19-40-17-24-11-5-2-6-12-24)28(20-41-18-25-13-7-3-8-14-25)30(23)38-22-36-29-31(34-21-35-32(29)38)37-33(39)26-15-9-4-10-16-26/h2-16,21-22,27-28,30H,1,17-20H2,(H,34,35,37,39)/t27-,28+,30+/m1/s1. The lowest BCUT2D eigenvalue weighted by Gasteiger charge is -2.47. The molecule has 8 nitrogen and oxygen atoms in total. The van der Waals surface area contributed by atoms with Crippen molar-refractivity contribution >= 4 is 22.9 Å². The summed E-state index contributed by atoms with van der Waals surface area (Å²) in [5.74, 6) is 0.343. The Morgan fingerprint density at radius 2 is 1.41 bits per heavy atom. The first-order valence-electron chi connectivity index (χ1n) is 13.6. The van der Waals surface area contributed by atoms with Crippen molar-refractivity contribution < 1.29 is 14.3 Å². The van der Waals surface area contributed by atoms with Crippen molar-refractivity contribution in [3.8, 4) is 0 Å². The molecule has 8 heteroatoms. The van der Waals surface area contributed by atoms with Crippen molar-refractivity contribution in [2.75, 3.05) is 18.5 Å². The summed E-state index contributed by atoms with van der Waals surface area (Å²) in [4.78, 5) is 26.2. The number of aromatic nitrogens is 4. The number of anilines is 1. The molecule has 0 radical (unpaired) electrons. The van der Waals surface area contributed by atoms with E-state index in [-0.39, 0.29) is 23.8 Å². The van der Waals surface area contributed by atoms with Gasteiger partial charge in [-0.15, -0.1) is 0 Å². The summed E-state index contributed by atoms with van der Waals surface area (Å²) in [7, 11) is 0. The Hall–Kier alpha value is -4.66. The van der Waals surface area contributed by atoms with Crippen LogP contribution in [0.1, 0.15) is 27.5 Å². The lowest BCUT2D eigenvalue weighted by molar-refractivity contribution is -0.0163. The van der Waals surface area contributed by atoms with Crippen molar-refractivity contribution in [2.24, 2.45) is 11.8 Å². The number of fused-ring (bicyclic) bond motifs is 1. The van der Waals surface area contributed by atoms with E-state index in [2.05, 4.69) is 51.1 Å². The molecule has 1 fully saturated rings. The number of imidazole rings is 1. The second kappa shape index (κ2) is 12.2. The SMILES string of the molecule is C=C1[C@@H](COCc2ccccc2)[C@H](COCc2ccccc2)[C@H]1n1cnc2c(NC(=O)c3ccccc3)ncnc21. The molecule has 1 amide bonds. The summed E-state index contributed by atoms with van der Waals surface area (Å²) >= 11 is 0. The van der Waals surface area contributed by atoms with Gasteiger partial charge in [0.05, 0.1) is 38.8 Å². The van der Waals surface area contributed by atoms with Gasteiger partial charge in [-0.25, -0.2) is 15.0 Å². The fourth-order valence-electron chi connectivity index (χ4n) is 5.37. The highest BCUT2D eigenvalue weighted by molar-refractivity contribution is 6.06. The molecule has 3 atom stereocenters. The van der Waals surface area contributed by atoms with Gasteiger partial charge in [-0.2, -0.15) is 0 Å². The van der Waals surface area contributed by atoms with Crippen molar-refractivity contribution in [1.82, 2.24) is 19.5 Å². The molecule has 1 saturated carbocycles. The second-order valence-electron chi connectivity index (χ2n) is 10.2. The monoisotopic (exact) mass is 545 g/mol. The van der Waals surface area contributed by atoms with Crippen LogP contribution in [-0.2, 0) is 22.7 Å². The minimum atomic E-state index is -0.254. The lowest BCUT2D eigenvalue weighted by Crippen LogP contribution is -2.45. The maximum absolute atomic E-state index is 12.8. The number of hydrogen-bond acceptors (Lipinski definition) is 6. The summed E-state index contributed by atoms with van der Waals surface area (Å²) in [5.41, 5.74) is 5.00. The van der Waals surface area contributed by atoms with Crippen molar-refractivity contribution in [3.05, 3.63) is 132 Å². The van der Waals surface area contributed by atoms with E-state index < -0.39 is 0 Å². The third kappa shape index (κ3) is 5.79. The Morgan fingerprint density at radius 3 is 2.07 bits per heavy atom. The summed E-state index contributed by atoms with van der Waals surface area (Å²) < 4.78 is 14.4. The Kier molecular flexibility index (Phi) is 7.93. The van der Waals surface area contributed by atoms with E-state index in [1.807, 2.05) is 59.2 Å². The Balaban J connectivity index is 1.21. The zero-order valence-electron chi connectivity index (χ0n) is 22.6. The highest BCUT2D eigenvalue weighted by Gasteiger charge is 2.46. The molecule has 0 saturated heterocycles. The molecule has 0 aliphatic heterocycles. The minimum absolute atomic E-state index is 0.0753. The van der Waals surface area contributed by atoms with E-state index in [0.717, 1.165) is 16.7 Å². The average molecular weight is 546 g/mol.